The van der Waals surface area contributed by atoms with Crippen LogP contribution in [0.15, 0.2) is 20.0 Å². The molecule has 5 nitrogen and oxygen atoms in total. The summed E-state index contributed by atoms with van der Waals surface area (Å²) < 4.78 is 32.2. The summed E-state index contributed by atoms with van der Waals surface area (Å²) in [5.74, 6) is 0.572. The third-order valence-corrected chi connectivity index (χ3v) is 5.56. The van der Waals surface area contributed by atoms with Crippen molar-refractivity contribution in [1.82, 2.24) is 10.0 Å². The van der Waals surface area contributed by atoms with E-state index >= 15 is 0 Å². The second-order valence-corrected chi connectivity index (χ2v) is 7.51. The molecule has 0 saturated heterocycles. The minimum absolute atomic E-state index is 0.140. The van der Waals surface area contributed by atoms with Crippen LogP contribution in [0.1, 0.15) is 12.7 Å². The third kappa shape index (κ3) is 4.27. The van der Waals surface area contributed by atoms with E-state index in [1.165, 1.54) is 6.07 Å². The molecule has 0 bridgehead atoms. The van der Waals surface area contributed by atoms with Gasteiger partial charge in [0.1, 0.15) is 10.7 Å². The Hall–Kier alpha value is -0.0200. The molecule has 0 aliphatic heterocycles. The van der Waals surface area contributed by atoms with E-state index in [0.717, 1.165) is 0 Å². The van der Waals surface area contributed by atoms with E-state index in [9.17, 15) is 8.42 Å². The summed E-state index contributed by atoms with van der Waals surface area (Å²) >= 11 is 4.73. The fourth-order valence-electron chi connectivity index (χ4n) is 1.23. The van der Waals surface area contributed by atoms with Gasteiger partial charge in [0.05, 0.1) is 6.54 Å². The normalized spacial score (nSPS) is 13.8. The molecule has 1 atom stereocenters. The zero-order valence-corrected chi connectivity index (χ0v) is 13.7. The molecule has 0 aliphatic carbocycles. The molecule has 1 aromatic rings. The molecule has 0 spiro atoms. The zero-order valence-electron chi connectivity index (χ0n) is 10.5. The van der Waals surface area contributed by atoms with E-state index in [-0.39, 0.29) is 14.8 Å². The van der Waals surface area contributed by atoms with Gasteiger partial charge in [-0.1, -0.05) is 6.92 Å². The van der Waals surface area contributed by atoms with Crippen LogP contribution >= 0.6 is 27.7 Å². The summed E-state index contributed by atoms with van der Waals surface area (Å²) in [4.78, 5) is 0.140. The van der Waals surface area contributed by atoms with Crippen LogP contribution in [-0.4, -0.2) is 33.5 Å². The summed E-state index contributed by atoms with van der Waals surface area (Å²) in [6.07, 6.45) is 1.94. The minimum atomic E-state index is -3.53. The van der Waals surface area contributed by atoms with Crippen molar-refractivity contribution in [3.63, 3.8) is 0 Å². The largest absolute Gasteiger partial charge is 0.452 e. The number of thioether (sulfide) groups is 1. The minimum Gasteiger partial charge on any atom is -0.452 e. The van der Waals surface area contributed by atoms with Crippen LogP contribution in [-0.2, 0) is 16.6 Å². The predicted molar refractivity (Wildman–Crippen MR) is 77.3 cm³/mol. The van der Waals surface area contributed by atoms with Gasteiger partial charge in [0, 0.05) is 17.9 Å². The second-order valence-electron chi connectivity index (χ2n) is 3.78. The molecule has 8 heteroatoms. The molecule has 0 saturated carbocycles. The van der Waals surface area contributed by atoms with E-state index in [1.807, 2.05) is 13.2 Å². The van der Waals surface area contributed by atoms with Crippen molar-refractivity contribution >= 4 is 37.7 Å². The molecular formula is C10H17BrN2O3S2. The van der Waals surface area contributed by atoms with Crippen LogP contribution in [0, 0.1) is 0 Å². The molecule has 104 valence electrons. The number of halogens is 1. The molecule has 0 fully saturated rings. The van der Waals surface area contributed by atoms with Gasteiger partial charge in [-0.05, 0) is 29.2 Å². The van der Waals surface area contributed by atoms with Crippen LogP contribution in [0.25, 0.3) is 0 Å². The first-order valence-corrected chi connectivity index (χ1v) is 8.92. The quantitative estimate of drug-likeness (QED) is 0.779. The average Bonchev–Trinajstić information content (AvgIpc) is 2.68. The summed E-state index contributed by atoms with van der Waals surface area (Å²) in [6.45, 7) is 2.84. The molecule has 18 heavy (non-hydrogen) atoms. The Labute approximate surface area is 120 Å². The van der Waals surface area contributed by atoms with Gasteiger partial charge >= 0.3 is 0 Å². The van der Waals surface area contributed by atoms with E-state index in [1.54, 1.807) is 18.8 Å². The maximum Gasteiger partial charge on any atom is 0.245 e. The molecule has 0 amide bonds. The Morgan fingerprint density at radius 3 is 2.78 bits per heavy atom. The summed E-state index contributed by atoms with van der Waals surface area (Å²) in [5, 5.41) is 3.13. The van der Waals surface area contributed by atoms with Crippen LogP contribution < -0.4 is 10.0 Å². The van der Waals surface area contributed by atoms with Crippen molar-refractivity contribution in [3.05, 3.63) is 16.5 Å². The summed E-state index contributed by atoms with van der Waals surface area (Å²) in [5.41, 5.74) is 0. The van der Waals surface area contributed by atoms with Crippen molar-refractivity contribution in [2.45, 2.75) is 23.6 Å². The Kier molecular flexibility index (Phi) is 6.19. The van der Waals surface area contributed by atoms with Crippen molar-refractivity contribution in [2.75, 3.05) is 19.8 Å². The first-order valence-electron chi connectivity index (χ1n) is 5.36. The maximum absolute atomic E-state index is 12.1. The molecular weight excluding hydrogens is 340 g/mol. The number of sulfonamides is 1. The number of hydrogen-bond donors (Lipinski definition) is 2. The van der Waals surface area contributed by atoms with Crippen molar-refractivity contribution in [2.24, 2.45) is 0 Å². The van der Waals surface area contributed by atoms with Gasteiger partial charge in [0.2, 0.25) is 10.0 Å². The van der Waals surface area contributed by atoms with Gasteiger partial charge in [-0.15, -0.1) is 0 Å². The lowest BCUT2D eigenvalue weighted by Crippen LogP contribution is -2.29. The Balaban J connectivity index is 2.84. The van der Waals surface area contributed by atoms with Gasteiger partial charge in [-0.25, -0.2) is 13.1 Å². The molecule has 1 heterocycles. The highest BCUT2D eigenvalue weighted by molar-refractivity contribution is 9.10. The van der Waals surface area contributed by atoms with Gasteiger partial charge in [0.15, 0.2) is 4.67 Å². The molecule has 1 unspecified atom stereocenters. The SMILES string of the molecule is CNCc1cc(S(=O)(=O)NCC(C)SC)c(Br)o1. The average molecular weight is 357 g/mol. The van der Waals surface area contributed by atoms with Gasteiger partial charge in [-0.2, -0.15) is 11.8 Å². The molecule has 2 N–H and O–H groups in total. The summed E-state index contributed by atoms with van der Waals surface area (Å²) in [6, 6.07) is 1.52. The standard InChI is InChI=1S/C10H17BrN2O3S2/c1-7(17-3)5-13-18(14,15)9-4-8(6-12-2)16-10(9)11/h4,7,12-13H,5-6H2,1-3H3. The van der Waals surface area contributed by atoms with E-state index in [0.29, 0.717) is 18.8 Å². The smallest absolute Gasteiger partial charge is 0.245 e. The zero-order chi connectivity index (χ0) is 13.8. The third-order valence-electron chi connectivity index (χ3n) is 2.31. The molecule has 0 radical (unpaired) electrons. The van der Waals surface area contributed by atoms with Crippen LogP contribution in [0.3, 0.4) is 0 Å². The number of rotatable bonds is 7. The summed E-state index contributed by atoms with van der Waals surface area (Å²) in [7, 11) is -1.76. The fourth-order valence-corrected chi connectivity index (χ4v) is 3.71. The Morgan fingerprint density at radius 1 is 1.56 bits per heavy atom. The monoisotopic (exact) mass is 356 g/mol. The Bertz CT molecular complexity index is 487. The van der Waals surface area contributed by atoms with Crippen LogP contribution in [0.4, 0.5) is 0 Å². The number of nitrogens with one attached hydrogen (secondary N) is 2. The molecule has 0 aromatic carbocycles. The van der Waals surface area contributed by atoms with Gasteiger partial charge in [-0.3, -0.25) is 0 Å². The number of furan rings is 1. The van der Waals surface area contributed by atoms with Crippen LogP contribution in [0.2, 0.25) is 0 Å². The highest BCUT2D eigenvalue weighted by atomic mass is 79.9. The first-order chi connectivity index (χ1) is 8.40. The lowest BCUT2D eigenvalue weighted by Gasteiger charge is -2.09. The lowest BCUT2D eigenvalue weighted by molar-refractivity contribution is 0.470. The molecule has 1 aromatic heterocycles. The van der Waals surface area contributed by atoms with Crippen molar-refractivity contribution in [1.29, 1.82) is 0 Å². The maximum atomic E-state index is 12.1. The fraction of sp³-hybridized carbons (Fsp3) is 0.600. The van der Waals surface area contributed by atoms with E-state index in [2.05, 4.69) is 26.0 Å². The van der Waals surface area contributed by atoms with E-state index < -0.39 is 10.0 Å². The molecule has 0 aliphatic rings. The van der Waals surface area contributed by atoms with E-state index in [4.69, 9.17) is 4.42 Å². The topological polar surface area (TPSA) is 71.3 Å². The van der Waals surface area contributed by atoms with Gasteiger partial charge in [0.25, 0.3) is 0 Å². The second kappa shape index (κ2) is 6.95. The molecule has 1 rings (SSSR count). The predicted octanol–water partition coefficient (Wildman–Crippen LogP) is 1.79. The lowest BCUT2D eigenvalue weighted by atomic mass is 10.4. The van der Waals surface area contributed by atoms with Crippen molar-refractivity contribution < 1.29 is 12.8 Å². The Morgan fingerprint density at radius 2 is 2.22 bits per heavy atom. The first kappa shape index (κ1) is 16.0. The number of hydrogen-bond acceptors (Lipinski definition) is 5. The van der Waals surface area contributed by atoms with Crippen molar-refractivity contribution in [3.8, 4) is 0 Å². The van der Waals surface area contributed by atoms with Gasteiger partial charge < -0.3 is 9.73 Å². The highest BCUT2D eigenvalue weighted by Gasteiger charge is 2.22. The highest BCUT2D eigenvalue weighted by Crippen LogP contribution is 2.26. The van der Waals surface area contributed by atoms with Crippen LogP contribution in [0.5, 0.6) is 0 Å².